The van der Waals surface area contributed by atoms with Crippen molar-refractivity contribution in [2.24, 2.45) is 5.41 Å². The molecule has 14 heavy (non-hydrogen) atoms. The maximum Gasteiger partial charge on any atom is 0.282 e. The van der Waals surface area contributed by atoms with Crippen LogP contribution in [0.4, 0.5) is 0 Å². The molecule has 0 saturated carbocycles. The van der Waals surface area contributed by atoms with Gasteiger partial charge in [-0.25, -0.2) is 0 Å². The summed E-state index contributed by atoms with van der Waals surface area (Å²) in [7, 11) is 0. The number of rotatable bonds is 4. The number of fused-ring (bicyclic) bond motifs is 3. The molecule has 2 bridgehead atoms. The lowest BCUT2D eigenvalue weighted by Gasteiger charge is -2.50. The molecule has 3 saturated heterocycles. The summed E-state index contributed by atoms with van der Waals surface area (Å²) in [6, 6.07) is 0. The van der Waals surface area contributed by atoms with Gasteiger partial charge in [0, 0.05) is 18.4 Å². The van der Waals surface area contributed by atoms with Crippen LogP contribution in [0.25, 0.3) is 0 Å². The smallest absolute Gasteiger partial charge is 0.282 e. The summed E-state index contributed by atoms with van der Waals surface area (Å²) in [6.45, 7) is 4.46. The molecule has 3 rings (SSSR count). The van der Waals surface area contributed by atoms with E-state index in [9.17, 15) is 0 Å². The van der Waals surface area contributed by atoms with E-state index in [2.05, 4.69) is 6.92 Å². The monoisotopic (exact) mass is 202 g/mol. The highest BCUT2D eigenvalue weighted by molar-refractivity contribution is 4.84. The fourth-order valence-corrected chi connectivity index (χ4v) is 1.77. The summed E-state index contributed by atoms with van der Waals surface area (Å²) >= 11 is 0. The SMILES string of the molecule is CC12COC(CCCCO)(OC1)OC2. The lowest BCUT2D eigenvalue weighted by molar-refractivity contribution is -0.467. The summed E-state index contributed by atoms with van der Waals surface area (Å²) in [6.07, 6.45) is 2.35. The molecule has 0 aliphatic carbocycles. The number of hydrogen-bond donors (Lipinski definition) is 1. The second kappa shape index (κ2) is 3.77. The Morgan fingerprint density at radius 2 is 1.64 bits per heavy atom. The van der Waals surface area contributed by atoms with Crippen molar-refractivity contribution in [1.29, 1.82) is 0 Å². The third-order valence-electron chi connectivity index (χ3n) is 2.81. The van der Waals surface area contributed by atoms with Crippen LogP contribution in [0, 0.1) is 5.41 Å². The van der Waals surface area contributed by atoms with Crippen LogP contribution in [-0.2, 0) is 14.2 Å². The van der Waals surface area contributed by atoms with Gasteiger partial charge in [0.25, 0.3) is 5.97 Å². The van der Waals surface area contributed by atoms with Crippen molar-refractivity contribution in [2.75, 3.05) is 26.4 Å². The second-order valence-electron chi connectivity index (χ2n) is 4.54. The van der Waals surface area contributed by atoms with E-state index in [-0.39, 0.29) is 12.0 Å². The maximum atomic E-state index is 8.68. The van der Waals surface area contributed by atoms with E-state index >= 15 is 0 Å². The first kappa shape index (κ1) is 10.4. The van der Waals surface area contributed by atoms with Gasteiger partial charge >= 0.3 is 0 Å². The molecule has 0 unspecified atom stereocenters. The Bertz CT molecular complexity index is 180. The third kappa shape index (κ3) is 1.93. The van der Waals surface area contributed by atoms with E-state index in [4.69, 9.17) is 19.3 Å². The van der Waals surface area contributed by atoms with Crippen molar-refractivity contribution in [2.45, 2.75) is 32.2 Å². The number of aliphatic hydroxyl groups excluding tert-OH is 1. The zero-order valence-electron chi connectivity index (χ0n) is 8.62. The molecule has 0 spiro atoms. The van der Waals surface area contributed by atoms with Crippen LogP contribution in [0.15, 0.2) is 0 Å². The number of unbranched alkanes of at least 4 members (excludes halogenated alkanes) is 1. The van der Waals surface area contributed by atoms with Crippen LogP contribution in [0.1, 0.15) is 26.2 Å². The number of aliphatic hydroxyl groups is 1. The van der Waals surface area contributed by atoms with E-state index in [1.165, 1.54) is 0 Å². The van der Waals surface area contributed by atoms with Gasteiger partial charge < -0.3 is 19.3 Å². The summed E-state index contributed by atoms with van der Waals surface area (Å²) in [5.74, 6) is -0.799. The highest BCUT2D eigenvalue weighted by Crippen LogP contribution is 2.40. The molecule has 3 aliphatic rings. The van der Waals surface area contributed by atoms with E-state index in [1.807, 2.05) is 0 Å². The predicted octanol–water partition coefficient (Wildman–Crippen LogP) is 0.886. The fourth-order valence-electron chi connectivity index (χ4n) is 1.77. The quantitative estimate of drug-likeness (QED) is 0.688. The Balaban J connectivity index is 1.85. The Morgan fingerprint density at radius 3 is 2.14 bits per heavy atom. The highest BCUT2D eigenvalue weighted by atomic mass is 16.9. The van der Waals surface area contributed by atoms with E-state index in [0.29, 0.717) is 26.2 Å². The highest BCUT2D eigenvalue weighted by Gasteiger charge is 2.49. The molecule has 0 amide bonds. The van der Waals surface area contributed by atoms with Gasteiger partial charge in [-0.2, -0.15) is 0 Å². The summed E-state index contributed by atoms with van der Waals surface area (Å²) in [5, 5.41) is 8.68. The van der Waals surface area contributed by atoms with Crippen LogP contribution < -0.4 is 0 Å². The zero-order valence-corrected chi connectivity index (χ0v) is 8.62. The number of ether oxygens (including phenoxy) is 3. The minimum absolute atomic E-state index is 0.0404. The Labute approximate surface area is 84.1 Å². The van der Waals surface area contributed by atoms with Crippen molar-refractivity contribution < 1.29 is 19.3 Å². The molecule has 0 aromatic carbocycles. The van der Waals surface area contributed by atoms with Gasteiger partial charge in [-0.1, -0.05) is 6.92 Å². The number of hydrogen-bond acceptors (Lipinski definition) is 4. The van der Waals surface area contributed by atoms with Gasteiger partial charge in [0.05, 0.1) is 19.8 Å². The lowest BCUT2D eigenvalue weighted by atomic mass is 9.91. The van der Waals surface area contributed by atoms with Gasteiger partial charge in [0.15, 0.2) is 0 Å². The van der Waals surface area contributed by atoms with E-state index < -0.39 is 5.97 Å². The largest absolute Gasteiger partial charge is 0.396 e. The Kier molecular flexibility index (Phi) is 2.79. The fraction of sp³-hybridized carbons (Fsp3) is 1.00. The molecule has 3 fully saturated rings. The molecule has 0 aromatic heterocycles. The van der Waals surface area contributed by atoms with Crippen molar-refractivity contribution in [3.63, 3.8) is 0 Å². The Morgan fingerprint density at radius 1 is 1.07 bits per heavy atom. The summed E-state index contributed by atoms with van der Waals surface area (Å²) in [4.78, 5) is 0. The van der Waals surface area contributed by atoms with Crippen molar-refractivity contribution in [3.05, 3.63) is 0 Å². The van der Waals surface area contributed by atoms with Crippen LogP contribution in [-0.4, -0.2) is 37.5 Å². The standard InChI is InChI=1S/C10H18O4/c1-9-6-12-10(13-7-9,14-8-9)4-2-3-5-11/h11H,2-8H2,1H3. The molecule has 4 nitrogen and oxygen atoms in total. The molecular weight excluding hydrogens is 184 g/mol. The average Bonchev–Trinajstić information content (AvgIpc) is 2.21. The van der Waals surface area contributed by atoms with Crippen molar-refractivity contribution in [1.82, 2.24) is 0 Å². The molecular formula is C10H18O4. The first-order valence-corrected chi connectivity index (χ1v) is 5.21. The summed E-state index contributed by atoms with van der Waals surface area (Å²) in [5.41, 5.74) is 0.0404. The molecule has 3 heterocycles. The van der Waals surface area contributed by atoms with Gasteiger partial charge in [-0.05, 0) is 12.8 Å². The normalized spacial score (nSPS) is 41.6. The Hall–Kier alpha value is -0.160. The summed E-state index contributed by atoms with van der Waals surface area (Å²) < 4.78 is 16.8. The molecule has 3 aliphatic heterocycles. The van der Waals surface area contributed by atoms with E-state index in [0.717, 1.165) is 12.8 Å². The molecule has 0 aromatic rings. The first-order chi connectivity index (χ1) is 6.68. The van der Waals surface area contributed by atoms with E-state index in [1.54, 1.807) is 0 Å². The van der Waals surface area contributed by atoms with Crippen molar-refractivity contribution in [3.8, 4) is 0 Å². The lowest BCUT2D eigenvalue weighted by Crippen LogP contribution is -2.58. The van der Waals surface area contributed by atoms with Crippen molar-refractivity contribution >= 4 is 0 Å². The zero-order chi connectivity index (χ0) is 10.1. The average molecular weight is 202 g/mol. The molecule has 4 heteroatoms. The molecule has 1 N–H and O–H groups in total. The minimum Gasteiger partial charge on any atom is -0.396 e. The third-order valence-corrected chi connectivity index (χ3v) is 2.81. The van der Waals surface area contributed by atoms with Gasteiger partial charge in [-0.15, -0.1) is 0 Å². The van der Waals surface area contributed by atoms with Crippen LogP contribution in [0.5, 0.6) is 0 Å². The predicted molar refractivity (Wildman–Crippen MR) is 49.6 cm³/mol. The van der Waals surface area contributed by atoms with Gasteiger partial charge in [-0.3, -0.25) is 0 Å². The minimum atomic E-state index is -0.799. The maximum absolute atomic E-state index is 8.68. The van der Waals surface area contributed by atoms with Crippen LogP contribution in [0.3, 0.4) is 0 Å². The molecule has 82 valence electrons. The van der Waals surface area contributed by atoms with Crippen LogP contribution in [0.2, 0.25) is 0 Å². The second-order valence-corrected chi connectivity index (χ2v) is 4.54. The molecule has 0 atom stereocenters. The van der Waals surface area contributed by atoms with Crippen LogP contribution >= 0.6 is 0 Å². The van der Waals surface area contributed by atoms with Gasteiger partial charge in [0.1, 0.15) is 0 Å². The molecule has 0 radical (unpaired) electrons. The topological polar surface area (TPSA) is 47.9 Å². The van der Waals surface area contributed by atoms with Gasteiger partial charge in [0.2, 0.25) is 0 Å². The first-order valence-electron chi connectivity index (χ1n) is 5.21.